The quantitative estimate of drug-likeness (QED) is 0.0320. The van der Waals surface area contributed by atoms with Gasteiger partial charge in [-0.05, 0) is 78.9 Å². The number of allylic oxidation sites excluding steroid dienone is 1. The van der Waals surface area contributed by atoms with Crippen molar-refractivity contribution in [2.24, 2.45) is 5.73 Å². The summed E-state index contributed by atoms with van der Waals surface area (Å²) >= 11 is 4.56. The molecule has 1 aromatic carbocycles. The second-order valence-corrected chi connectivity index (χ2v) is 30.0. The third kappa shape index (κ3) is 15.0. The molecule has 105 heavy (non-hydrogen) atoms. The van der Waals surface area contributed by atoms with Crippen molar-refractivity contribution in [3.05, 3.63) is 112 Å². The van der Waals surface area contributed by atoms with Crippen molar-refractivity contribution in [1.82, 2.24) is 71.0 Å². The van der Waals surface area contributed by atoms with Gasteiger partial charge < -0.3 is 90.9 Å². The molecule has 12 bridgehead atoms. The topological polar surface area (TPSA) is 457 Å². The molecule has 5 aliphatic rings. The first kappa shape index (κ1) is 73.9. The van der Waals surface area contributed by atoms with Crippen molar-refractivity contribution in [3.8, 4) is 38.4 Å². The van der Waals surface area contributed by atoms with Crippen molar-refractivity contribution < 1.29 is 92.0 Å². The number of aliphatic hydroxyl groups excluding tert-OH is 2. The zero-order valence-corrected chi connectivity index (χ0v) is 61.2. The van der Waals surface area contributed by atoms with E-state index in [0.29, 0.717) is 29.7 Å². The number of thiazole rings is 5. The average molecular weight is 1540 g/mol. The summed E-state index contributed by atoms with van der Waals surface area (Å²) in [5.74, 6) is -7.86. The number of pyridine rings is 1. The van der Waals surface area contributed by atoms with E-state index in [1.54, 1.807) is 24.1 Å². The van der Waals surface area contributed by atoms with Gasteiger partial charge in [-0.2, -0.15) is 4.73 Å². The van der Waals surface area contributed by atoms with Crippen LogP contribution < -0.4 is 32.3 Å². The van der Waals surface area contributed by atoms with Gasteiger partial charge in [0.05, 0.1) is 49.8 Å². The van der Waals surface area contributed by atoms with Gasteiger partial charge in [0, 0.05) is 63.0 Å². The molecule has 6 amide bonds. The molecule has 13 rings (SSSR count). The van der Waals surface area contributed by atoms with Gasteiger partial charge in [0.1, 0.15) is 126 Å². The molecule has 2 fully saturated rings. The predicted octanol–water partition coefficient (Wildman–Crippen LogP) is 3.82. The van der Waals surface area contributed by atoms with Crippen LogP contribution in [0.2, 0.25) is 0 Å². The van der Waals surface area contributed by atoms with Gasteiger partial charge in [0.2, 0.25) is 11.8 Å². The molecular formula is C66H71N15O19S5. The number of methoxy groups -OCH3 is 1. The maximum Gasteiger partial charge on any atom is 0.358 e. The van der Waals surface area contributed by atoms with Gasteiger partial charge in [0.25, 0.3) is 23.6 Å². The number of nitrogens with one attached hydrogen (secondary N) is 5. The summed E-state index contributed by atoms with van der Waals surface area (Å²) < 4.78 is 45.0. The van der Waals surface area contributed by atoms with Crippen molar-refractivity contribution in [1.29, 1.82) is 0 Å². The third-order valence-corrected chi connectivity index (χ3v) is 22.8. The number of cyclic esters (lactones) is 2. The highest BCUT2D eigenvalue weighted by atomic mass is 32.1. The summed E-state index contributed by atoms with van der Waals surface area (Å²) in [5.41, 5.74) is 3.73. The Hall–Kier alpha value is -9.36. The minimum Gasteiger partial charge on any atom is -0.506 e. The maximum atomic E-state index is 15.3. The highest BCUT2D eigenvalue weighted by Gasteiger charge is 2.54. The maximum absolute atomic E-state index is 15.3. The van der Waals surface area contributed by atoms with Gasteiger partial charge in [0.15, 0.2) is 18.1 Å². The number of benzene rings is 1. The van der Waals surface area contributed by atoms with Crippen molar-refractivity contribution in [2.75, 3.05) is 54.2 Å². The number of fused-ring (bicyclic) bond motifs is 16. The normalized spacial score (nSPS) is 24.3. The number of aromatic nitrogens is 7. The number of hydrogen-bond acceptors (Lipinski definition) is 32. The fraction of sp³-hybridized carbons (Fsp3) is 0.424. The summed E-state index contributed by atoms with van der Waals surface area (Å²) in [6, 6.07) is -0.0624. The Labute approximate surface area is 616 Å². The lowest BCUT2D eigenvalue weighted by atomic mass is 9.86. The molecule has 554 valence electrons. The molecule has 0 radical (unpaired) electrons. The van der Waals surface area contributed by atoms with E-state index in [4.69, 9.17) is 53.8 Å². The lowest BCUT2D eigenvalue weighted by Gasteiger charge is -2.45. The molecule has 0 spiro atoms. The number of ether oxygens (including phenoxy) is 7. The third-order valence-electron chi connectivity index (χ3n) is 18.3. The number of esters is 2. The van der Waals surface area contributed by atoms with Crippen LogP contribution in [0.25, 0.3) is 49.3 Å². The minimum atomic E-state index is -1.85. The Balaban J connectivity index is 0.954. The van der Waals surface area contributed by atoms with Crippen LogP contribution in [0.3, 0.4) is 0 Å². The Morgan fingerprint density at radius 1 is 0.867 bits per heavy atom. The molecule has 7 aromatic heterocycles. The second-order valence-electron chi connectivity index (χ2n) is 25.7. The number of carbonyl (C=O) groups is 8. The number of carbonyl (C=O) groups excluding carboxylic acids is 8. The Morgan fingerprint density at radius 3 is 2.31 bits per heavy atom. The SMILES string of the molecule is CO/C(C)=C1/NC(=O)C(C(C)O)NC(=O)c2csc(n2)-c2cc(O)c(-c3nc(C(=O)NC(CN(C)CCCCO)C(N)=O)cs3)nc2-c2csc(n2)C2COC(=O)c3c4c5c(cccc5n3O)COC(=O)C(OC3CC5(C)OCN(C)C5C(C)O3)C(OC4)C(NC(=O)c3csc1n3)c1nc(cs1)C(=O)N2. The number of primary amides is 1. The smallest absolute Gasteiger partial charge is 0.358 e. The van der Waals surface area contributed by atoms with Crippen LogP contribution in [0.4, 0.5) is 0 Å². The predicted molar refractivity (Wildman–Crippen MR) is 376 cm³/mol. The Bertz CT molecular complexity index is 4760. The van der Waals surface area contributed by atoms with E-state index in [-0.39, 0.29) is 131 Å². The first-order chi connectivity index (χ1) is 50.3. The first-order valence-electron chi connectivity index (χ1n) is 32.8. The number of nitrogens with two attached hydrogens (primary N) is 1. The molecule has 11 atom stereocenters. The molecular weight excluding hydrogens is 1470 g/mol. The highest BCUT2D eigenvalue weighted by molar-refractivity contribution is 7.14. The Morgan fingerprint density at radius 2 is 1.56 bits per heavy atom. The van der Waals surface area contributed by atoms with Crippen molar-refractivity contribution in [2.45, 2.75) is 127 Å². The first-order valence-corrected chi connectivity index (χ1v) is 37.2. The van der Waals surface area contributed by atoms with Gasteiger partial charge in [-0.3, -0.25) is 33.7 Å². The molecule has 12 heterocycles. The lowest BCUT2D eigenvalue weighted by Crippen LogP contribution is -2.58. The van der Waals surface area contributed by atoms with Gasteiger partial charge in [-0.1, -0.05) is 12.1 Å². The largest absolute Gasteiger partial charge is 0.506 e. The summed E-state index contributed by atoms with van der Waals surface area (Å²) in [4.78, 5) is 148. The van der Waals surface area contributed by atoms with Crippen LogP contribution >= 0.6 is 56.7 Å². The average Bonchev–Trinajstić information content (AvgIpc) is 1.63. The number of likely N-dealkylation sites (N-methyl/N-ethyl adjacent to an activating group) is 2. The fourth-order valence-corrected chi connectivity index (χ4v) is 17.3. The summed E-state index contributed by atoms with van der Waals surface area (Å²) in [6.07, 6.45) is -5.66. The zero-order chi connectivity index (χ0) is 74.4. The number of nitrogens with zero attached hydrogens (tertiary/aromatic N) is 9. The minimum absolute atomic E-state index is 0.00447. The van der Waals surface area contributed by atoms with E-state index in [2.05, 4.69) is 41.5 Å². The Kier molecular flexibility index (Phi) is 21.6. The van der Waals surface area contributed by atoms with Crippen LogP contribution in [0, 0.1) is 0 Å². The molecule has 5 aliphatic heterocycles. The van der Waals surface area contributed by atoms with E-state index in [1.807, 2.05) is 25.8 Å². The van der Waals surface area contributed by atoms with Gasteiger partial charge in [-0.15, -0.1) is 56.7 Å². The van der Waals surface area contributed by atoms with E-state index >= 15 is 19.2 Å². The monoisotopic (exact) mass is 1540 g/mol. The van der Waals surface area contributed by atoms with Crippen LogP contribution in [0.15, 0.2) is 56.9 Å². The van der Waals surface area contributed by atoms with Crippen molar-refractivity contribution >= 4 is 121 Å². The second kappa shape index (κ2) is 30.6. The molecule has 8 aromatic rings. The summed E-state index contributed by atoms with van der Waals surface area (Å²) in [6.45, 7) is 5.54. The van der Waals surface area contributed by atoms with E-state index in [1.165, 1.54) is 60.0 Å². The zero-order valence-electron chi connectivity index (χ0n) is 57.1. The number of aliphatic hydroxyl groups is 2. The fourth-order valence-electron chi connectivity index (χ4n) is 13.1. The van der Waals surface area contributed by atoms with E-state index < -0.39 is 139 Å². The van der Waals surface area contributed by atoms with Crippen molar-refractivity contribution in [3.63, 3.8) is 0 Å². The number of amides is 6. The van der Waals surface area contributed by atoms with E-state index in [0.717, 1.165) is 56.7 Å². The van der Waals surface area contributed by atoms with Crippen LogP contribution in [-0.4, -0.2) is 221 Å². The molecule has 34 nitrogen and oxygen atoms in total. The van der Waals surface area contributed by atoms with Crippen LogP contribution in [0.5, 0.6) is 5.75 Å². The van der Waals surface area contributed by atoms with E-state index in [9.17, 15) is 39.7 Å². The van der Waals surface area contributed by atoms with Crippen LogP contribution in [0.1, 0.15) is 138 Å². The molecule has 2 saturated heterocycles. The van der Waals surface area contributed by atoms with Gasteiger partial charge in [-0.25, -0.2) is 39.5 Å². The molecule has 11 unspecified atom stereocenters. The lowest BCUT2D eigenvalue weighted by molar-refractivity contribution is -0.268. The molecule has 0 saturated carbocycles. The number of aromatic hydroxyl groups is 1. The molecule has 11 N–H and O–H groups in total. The number of unbranched alkanes of at least 4 members (excludes halogenated alkanes) is 1. The molecule has 39 heteroatoms. The summed E-state index contributed by atoms with van der Waals surface area (Å²) in [7, 11) is 4.93. The number of hydrogen-bond donors (Lipinski definition) is 10. The molecule has 0 aliphatic carbocycles. The van der Waals surface area contributed by atoms with Gasteiger partial charge >= 0.3 is 11.9 Å². The summed E-state index contributed by atoms with van der Waals surface area (Å²) in [5, 5.41) is 65.7. The number of rotatable bonds is 14. The standard InChI is InChI=1S/C66H71N15O19S5/c1-27(83)44-58(90)77-45(28(2)94-7)61-72-39(25-103-61)57(89)78-48-50-51(100-42-16-66(4)52(29(3)99-42)80(6)26-98-66)65(92)96-18-30-11-10-12-40-43(30)32(19-95-50)49(81(40)93)64(91)97-20-34(69-55(87)37-24-105-63(48)74-37)60-70-35(21-102-60)46-31(59-71-38(22-101-59)56(88)76-44)15-41(84)47(75-46)62-73-36(23-104-62)54(86)68-33(53(67)85)17-79(5)13-8-9-14-82/h10-12,15,21-25,27,29,33-34,42,44,48,50-52,82-84,93H,8-9,13-14,16-20,26H2,1-7H3,(H2,67,85)(H,68,86)(H,69,87)(H,76,88)(H,77,90)(H,78,89)/b45-28+. The van der Waals surface area contributed by atoms with Crippen LogP contribution in [-0.2, 0) is 60.8 Å². The highest BCUT2D eigenvalue weighted by Crippen LogP contribution is 2.44.